The lowest BCUT2D eigenvalue weighted by atomic mass is 10.2. The molecule has 0 radical (unpaired) electrons. The quantitative estimate of drug-likeness (QED) is 0.702. The molecule has 0 saturated carbocycles. The first kappa shape index (κ1) is 10.1. The van der Waals surface area contributed by atoms with Gasteiger partial charge in [-0.2, -0.15) is 0 Å². The van der Waals surface area contributed by atoms with Crippen LogP contribution in [0.4, 0.5) is 0 Å². The molecule has 0 fully saturated rings. The highest BCUT2D eigenvalue weighted by Gasteiger charge is 2.24. The Kier molecular flexibility index (Phi) is 2.68. The van der Waals surface area contributed by atoms with Gasteiger partial charge in [0.05, 0.1) is 12.6 Å². The van der Waals surface area contributed by atoms with Gasteiger partial charge in [0.1, 0.15) is 6.33 Å². The minimum atomic E-state index is -0.389. The van der Waals surface area contributed by atoms with Gasteiger partial charge in [-0.1, -0.05) is 6.92 Å². The van der Waals surface area contributed by atoms with Crippen molar-refractivity contribution in [2.75, 3.05) is 6.54 Å². The van der Waals surface area contributed by atoms with Gasteiger partial charge in [-0.05, 0) is 6.42 Å². The predicted molar refractivity (Wildman–Crippen MR) is 53.7 cm³/mol. The fourth-order valence-corrected chi connectivity index (χ4v) is 1.66. The Morgan fingerprint density at radius 1 is 1.67 bits per heavy atom. The minimum absolute atomic E-state index is 0.00625. The van der Waals surface area contributed by atoms with Gasteiger partial charge >= 0.3 is 0 Å². The summed E-state index contributed by atoms with van der Waals surface area (Å²) in [4.78, 5) is 13.6. The predicted octanol–water partition coefficient (Wildman–Crippen LogP) is -0.642. The lowest BCUT2D eigenvalue weighted by Gasteiger charge is -2.28. The van der Waals surface area contributed by atoms with E-state index in [4.69, 9.17) is 5.73 Å². The van der Waals surface area contributed by atoms with Crippen LogP contribution in [0.15, 0.2) is 6.33 Å². The molecular formula is C9H15N5O. The molecule has 0 unspecified atom stereocenters. The monoisotopic (exact) mass is 209 g/mol. The summed E-state index contributed by atoms with van der Waals surface area (Å²) in [5, 5.41) is 7.76. The molecule has 1 aromatic heterocycles. The van der Waals surface area contributed by atoms with E-state index in [1.807, 2.05) is 11.5 Å². The van der Waals surface area contributed by atoms with Crippen molar-refractivity contribution in [3.8, 4) is 0 Å². The van der Waals surface area contributed by atoms with Crippen LogP contribution in [0.3, 0.4) is 0 Å². The van der Waals surface area contributed by atoms with Crippen LogP contribution in [-0.2, 0) is 17.9 Å². The van der Waals surface area contributed by atoms with Crippen LogP contribution in [0.5, 0.6) is 0 Å². The number of carbonyl (C=O) groups is 1. The highest BCUT2D eigenvalue weighted by molar-refractivity contribution is 5.81. The maximum Gasteiger partial charge on any atom is 0.239 e. The van der Waals surface area contributed by atoms with Gasteiger partial charge in [0.15, 0.2) is 5.82 Å². The van der Waals surface area contributed by atoms with Crippen molar-refractivity contribution < 1.29 is 4.79 Å². The molecule has 6 nitrogen and oxygen atoms in total. The van der Waals surface area contributed by atoms with Gasteiger partial charge in [0.2, 0.25) is 5.91 Å². The number of rotatable bonds is 2. The van der Waals surface area contributed by atoms with Crippen molar-refractivity contribution in [2.24, 2.45) is 5.73 Å². The summed E-state index contributed by atoms with van der Waals surface area (Å²) in [6.45, 7) is 3.88. The van der Waals surface area contributed by atoms with Crippen LogP contribution >= 0.6 is 0 Å². The molecular weight excluding hydrogens is 194 g/mol. The molecule has 0 spiro atoms. The molecule has 2 N–H and O–H groups in total. The molecule has 0 bridgehead atoms. The van der Waals surface area contributed by atoms with Gasteiger partial charge in [-0.15, -0.1) is 10.2 Å². The molecule has 1 aromatic rings. The third kappa shape index (κ3) is 1.85. The van der Waals surface area contributed by atoms with Gasteiger partial charge in [0.25, 0.3) is 0 Å². The average molecular weight is 209 g/mol. The Balaban J connectivity index is 2.06. The highest BCUT2D eigenvalue weighted by Crippen LogP contribution is 2.10. The molecule has 1 aliphatic rings. The number of hydrogen-bond acceptors (Lipinski definition) is 4. The van der Waals surface area contributed by atoms with E-state index in [1.165, 1.54) is 0 Å². The van der Waals surface area contributed by atoms with E-state index in [1.54, 1.807) is 11.2 Å². The normalized spacial score (nSPS) is 17.3. The zero-order valence-electron chi connectivity index (χ0n) is 8.76. The summed E-state index contributed by atoms with van der Waals surface area (Å²) in [5.74, 6) is 0.838. The van der Waals surface area contributed by atoms with E-state index in [0.717, 1.165) is 12.4 Å². The van der Waals surface area contributed by atoms with Crippen LogP contribution in [-0.4, -0.2) is 38.2 Å². The maximum absolute atomic E-state index is 11.8. The standard InChI is InChI=1S/C9H15N5O/c1-2-7(10)9(15)13-3-4-14-6-11-12-8(14)5-13/h6-7H,2-5,10H2,1H3/t7-/m0/s1. The third-order valence-corrected chi connectivity index (χ3v) is 2.71. The smallest absolute Gasteiger partial charge is 0.239 e. The summed E-state index contributed by atoms with van der Waals surface area (Å²) in [6, 6.07) is -0.389. The first-order valence-corrected chi connectivity index (χ1v) is 5.13. The Bertz CT molecular complexity index is 361. The average Bonchev–Trinajstić information content (AvgIpc) is 2.73. The molecule has 0 aliphatic carbocycles. The summed E-state index contributed by atoms with van der Waals surface area (Å²) in [6.07, 6.45) is 2.36. The van der Waals surface area contributed by atoms with E-state index in [-0.39, 0.29) is 11.9 Å². The van der Waals surface area contributed by atoms with Crippen molar-refractivity contribution in [1.29, 1.82) is 0 Å². The van der Waals surface area contributed by atoms with Crippen LogP contribution in [0.2, 0.25) is 0 Å². The second kappa shape index (κ2) is 3.98. The Morgan fingerprint density at radius 3 is 3.20 bits per heavy atom. The largest absolute Gasteiger partial charge is 0.332 e. The van der Waals surface area contributed by atoms with Crippen LogP contribution in [0, 0.1) is 0 Å². The fourth-order valence-electron chi connectivity index (χ4n) is 1.66. The summed E-state index contributed by atoms with van der Waals surface area (Å²) in [5.41, 5.74) is 5.71. The molecule has 0 saturated heterocycles. The van der Waals surface area contributed by atoms with Gasteiger partial charge in [-0.25, -0.2) is 0 Å². The number of nitrogens with two attached hydrogens (primary N) is 1. The SMILES string of the molecule is CC[C@H](N)C(=O)N1CCn2cnnc2C1. The fraction of sp³-hybridized carbons (Fsp3) is 0.667. The van der Waals surface area contributed by atoms with E-state index in [2.05, 4.69) is 10.2 Å². The highest BCUT2D eigenvalue weighted by atomic mass is 16.2. The van der Waals surface area contributed by atoms with Crippen molar-refractivity contribution >= 4 is 5.91 Å². The van der Waals surface area contributed by atoms with Crippen LogP contribution in [0.25, 0.3) is 0 Å². The van der Waals surface area contributed by atoms with Crippen molar-refractivity contribution in [2.45, 2.75) is 32.5 Å². The van der Waals surface area contributed by atoms with Gasteiger partial charge < -0.3 is 15.2 Å². The molecule has 0 aromatic carbocycles. The number of nitrogens with zero attached hydrogens (tertiary/aromatic N) is 4. The zero-order chi connectivity index (χ0) is 10.8. The van der Waals surface area contributed by atoms with E-state index in [0.29, 0.717) is 19.5 Å². The molecule has 6 heteroatoms. The third-order valence-electron chi connectivity index (χ3n) is 2.71. The molecule has 1 amide bonds. The lowest BCUT2D eigenvalue weighted by molar-refractivity contribution is -0.134. The zero-order valence-corrected chi connectivity index (χ0v) is 8.76. The number of fused-ring (bicyclic) bond motifs is 1. The first-order valence-electron chi connectivity index (χ1n) is 5.13. The Hall–Kier alpha value is -1.43. The second-order valence-corrected chi connectivity index (χ2v) is 3.72. The molecule has 1 atom stereocenters. The van der Waals surface area contributed by atoms with Crippen molar-refractivity contribution in [1.82, 2.24) is 19.7 Å². The van der Waals surface area contributed by atoms with E-state index >= 15 is 0 Å². The summed E-state index contributed by atoms with van der Waals surface area (Å²) < 4.78 is 1.96. The Morgan fingerprint density at radius 2 is 2.47 bits per heavy atom. The number of carbonyl (C=O) groups excluding carboxylic acids is 1. The summed E-state index contributed by atoms with van der Waals surface area (Å²) >= 11 is 0. The van der Waals surface area contributed by atoms with E-state index < -0.39 is 0 Å². The number of amides is 1. The van der Waals surface area contributed by atoms with Crippen LogP contribution < -0.4 is 5.73 Å². The molecule has 15 heavy (non-hydrogen) atoms. The molecule has 2 heterocycles. The topological polar surface area (TPSA) is 77.0 Å². The van der Waals surface area contributed by atoms with Crippen molar-refractivity contribution in [3.63, 3.8) is 0 Å². The maximum atomic E-state index is 11.8. The van der Waals surface area contributed by atoms with Crippen molar-refractivity contribution in [3.05, 3.63) is 12.2 Å². The second-order valence-electron chi connectivity index (χ2n) is 3.72. The van der Waals surface area contributed by atoms with Gasteiger partial charge in [0, 0.05) is 13.1 Å². The van der Waals surface area contributed by atoms with E-state index in [9.17, 15) is 4.79 Å². The minimum Gasteiger partial charge on any atom is -0.332 e. The molecule has 2 rings (SSSR count). The summed E-state index contributed by atoms with van der Waals surface area (Å²) in [7, 11) is 0. The lowest BCUT2D eigenvalue weighted by Crippen LogP contribution is -2.46. The van der Waals surface area contributed by atoms with Gasteiger partial charge in [-0.3, -0.25) is 4.79 Å². The Labute approximate surface area is 88.1 Å². The van der Waals surface area contributed by atoms with Crippen LogP contribution in [0.1, 0.15) is 19.2 Å². The molecule has 82 valence electrons. The molecule has 1 aliphatic heterocycles. The number of aromatic nitrogens is 3. The first-order chi connectivity index (χ1) is 7.22. The number of hydrogen-bond donors (Lipinski definition) is 1.